The van der Waals surface area contributed by atoms with Crippen molar-refractivity contribution in [3.63, 3.8) is 0 Å². The summed E-state index contributed by atoms with van der Waals surface area (Å²) in [6.07, 6.45) is 2.16. The van der Waals surface area contributed by atoms with Crippen LogP contribution in [0.3, 0.4) is 0 Å². The highest BCUT2D eigenvalue weighted by Crippen LogP contribution is 2.37. The van der Waals surface area contributed by atoms with Crippen LogP contribution in [0.5, 0.6) is 0 Å². The summed E-state index contributed by atoms with van der Waals surface area (Å²) >= 11 is 0. The van der Waals surface area contributed by atoms with Gasteiger partial charge in [0.25, 0.3) is 0 Å². The molecule has 1 heterocycles. The number of hydrogen-bond donors (Lipinski definition) is 2. The lowest BCUT2D eigenvalue weighted by Gasteiger charge is -2.27. The number of rotatable bonds is 5. The Hall–Kier alpha value is -0.610. The molecule has 1 saturated carbocycles. The van der Waals surface area contributed by atoms with Crippen molar-refractivity contribution in [2.45, 2.75) is 19.8 Å². The van der Waals surface area contributed by atoms with Gasteiger partial charge in [0.2, 0.25) is 5.91 Å². The van der Waals surface area contributed by atoms with Crippen molar-refractivity contribution >= 4 is 5.91 Å². The van der Waals surface area contributed by atoms with E-state index in [2.05, 4.69) is 22.5 Å². The summed E-state index contributed by atoms with van der Waals surface area (Å²) < 4.78 is 0. The third kappa shape index (κ3) is 3.46. The normalized spacial score (nSPS) is 30.1. The summed E-state index contributed by atoms with van der Waals surface area (Å²) in [5.41, 5.74) is 0. The van der Waals surface area contributed by atoms with Gasteiger partial charge in [0, 0.05) is 38.6 Å². The lowest BCUT2D eigenvalue weighted by Crippen LogP contribution is -2.44. The smallest absolute Gasteiger partial charge is 0.223 e. The van der Waals surface area contributed by atoms with Crippen molar-refractivity contribution in [1.82, 2.24) is 15.5 Å². The minimum atomic E-state index is 0.271. The van der Waals surface area contributed by atoms with Crippen molar-refractivity contribution in [1.29, 1.82) is 0 Å². The molecule has 0 radical (unpaired) electrons. The molecule has 2 N–H and O–H groups in total. The van der Waals surface area contributed by atoms with Crippen LogP contribution in [0, 0.1) is 11.8 Å². The molecule has 0 aromatic rings. The molecule has 2 rings (SSSR count). The lowest BCUT2D eigenvalue weighted by molar-refractivity contribution is -0.122. The van der Waals surface area contributed by atoms with E-state index in [0.29, 0.717) is 11.8 Å². The van der Waals surface area contributed by atoms with Gasteiger partial charge in [0.05, 0.1) is 0 Å². The largest absolute Gasteiger partial charge is 0.356 e. The summed E-state index contributed by atoms with van der Waals surface area (Å²) in [6, 6.07) is 0. The zero-order valence-electron chi connectivity index (χ0n) is 10.2. The molecular weight excluding hydrogens is 202 g/mol. The molecule has 92 valence electrons. The first kappa shape index (κ1) is 11.9. The average Bonchev–Trinajstić information content (AvgIpc) is 3.03. The predicted octanol–water partition coefficient (Wildman–Crippen LogP) is 0.0539. The molecular formula is C12H23N3O. The Morgan fingerprint density at radius 2 is 2.12 bits per heavy atom. The second kappa shape index (κ2) is 5.64. The van der Waals surface area contributed by atoms with E-state index >= 15 is 0 Å². The molecule has 1 amide bonds. The van der Waals surface area contributed by atoms with E-state index in [9.17, 15) is 4.79 Å². The number of nitrogens with zero attached hydrogens (tertiary/aromatic N) is 1. The van der Waals surface area contributed by atoms with Crippen LogP contribution in [0.4, 0.5) is 0 Å². The molecule has 1 aliphatic heterocycles. The Kier molecular flexibility index (Phi) is 4.18. The number of piperazine rings is 1. The van der Waals surface area contributed by atoms with E-state index in [1.54, 1.807) is 0 Å². The Morgan fingerprint density at radius 1 is 1.44 bits per heavy atom. The maximum Gasteiger partial charge on any atom is 0.223 e. The van der Waals surface area contributed by atoms with Crippen LogP contribution in [0.1, 0.15) is 19.8 Å². The first-order chi connectivity index (χ1) is 7.77. The molecule has 16 heavy (non-hydrogen) atoms. The first-order valence-electron chi connectivity index (χ1n) is 6.48. The number of amides is 1. The molecule has 2 aliphatic rings. The third-order valence-electron chi connectivity index (χ3n) is 3.61. The van der Waals surface area contributed by atoms with Crippen molar-refractivity contribution in [3.8, 4) is 0 Å². The van der Waals surface area contributed by atoms with Gasteiger partial charge in [-0.1, -0.05) is 6.92 Å². The highest BCUT2D eigenvalue weighted by atomic mass is 16.2. The highest BCUT2D eigenvalue weighted by Gasteiger charge is 2.38. The second-order valence-electron chi connectivity index (χ2n) is 5.06. The fourth-order valence-corrected chi connectivity index (χ4v) is 2.27. The lowest BCUT2D eigenvalue weighted by atomic mass is 10.3. The molecule has 4 heteroatoms. The van der Waals surface area contributed by atoms with Crippen LogP contribution in [0.2, 0.25) is 0 Å². The number of nitrogens with one attached hydrogen (secondary N) is 2. The fraction of sp³-hybridized carbons (Fsp3) is 0.917. The van der Waals surface area contributed by atoms with Crippen LogP contribution in [0.15, 0.2) is 0 Å². The Labute approximate surface area is 97.8 Å². The van der Waals surface area contributed by atoms with E-state index in [0.717, 1.165) is 52.1 Å². The summed E-state index contributed by atoms with van der Waals surface area (Å²) in [7, 11) is 0. The standard InChI is InChI=1S/C12H23N3O/c1-10-9-11(10)12(16)14-3-2-6-15-7-4-13-5-8-15/h10-11,13H,2-9H2,1H3,(H,14,16). The van der Waals surface area contributed by atoms with E-state index in [4.69, 9.17) is 0 Å². The van der Waals surface area contributed by atoms with Gasteiger partial charge in [-0.3, -0.25) is 4.79 Å². The summed E-state index contributed by atoms with van der Waals surface area (Å²) in [5, 5.41) is 6.37. The topological polar surface area (TPSA) is 44.4 Å². The summed E-state index contributed by atoms with van der Waals surface area (Å²) in [5.74, 6) is 1.21. The second-order valence-corrected chi connectivity index (χ2v) is 5.06. The van der Waals surface area contributed by atoms with Crippen molar-refractivity contribution in [3.05, 3.63) is 0 Å². The van der Waals surface area contributed by atoms with Gasteiger partial charge >= 0.3 is 0 Å². The Morgan fingerprint density at radius 3 is 2.75 bits per heavy atom. The zero-order valence-corrected chi connectivity index (χ0v) is 10.2. The average molecular weight is 225 g/mol. The number of carbonyl (C=O) groups excluding carboxylic acids is 1. The first-order valence-corrected chi connectivity index (χ1v) is 6.48. The Bertz CT molecular complexity index is 238. The van der Waals surface area contributed by atoms with E-state index < -0.39 is 0 Å². The minimum Gasteiger partial charge on any atom is -0.356 e. The van der Waals surface area contributed by atoms with Crippen LogP contribution in [-0.2, 0) is 4.79 Å². The van der Waals surface area contributed by atoms with Gasteiger partial charge < -0.3 is 15.5 Å². The molecule has 0 aromatic heterocycles. The molecule has 0 spiro atoms. The maximum absolute atomic E-state index is 11.5. The molecule has 2 fully saturated rings. The van der Waals surface area contributed by atoms with Gasteiger partial charge in [0.15, 0.2) is 0 Å². The van der Waals surface area contributed by atoms with Crippen molar-refractivity contribution in [2.75, 3.05) is 39.3 Å². The highest BCUT2D eigenvalue weighted by molar-refractivity contribution is 5.81. The van der Waals surface area contributed by atoms with Crippen molar-refractivity contribution < 1.29 is 4.79 Å². The van der Waals surface area contributed by atoms with Crippen molar-refractivity contribution in [2.24, 2.45) is 11.8 Å². The van der Waals surface area contributed by atoms with Crippen LogP contribution in [0.25, 0.3) is 0 Å². The number of carbonyl (C=O) groups is 1. The van der Waals surface area contributed by atoms with Gasteiger partial charge in [-0.15, -0.1) is 0 Å². The maximum atomic E-state index is 11.5. The molecule has 4 nitrogen and oxygen atoms in total. The number of hydrogen-bond acceptors (Lipinski definition) is 3. The van der Waals surface area contributed by atoms with E-state index in [1.807, 2.05) is 0 Å². The summed E-state index contributed by atoms with van der Waals surface area (Å²) in [6.45, 7) is 8.60. The van der Waals surface area contributed by atoms with E-state index in [-0.39, 0.29) is 5.91 Å². The molecule has 2 atom stereocenters. The van der Waals surface area contributed by atoms with Crippen LogP contribution >= 0.6 is 0 Å². The SMILES string of the molecule is CC1CC1C(=O)NCCCN1CCNCC1. The molecule has 0 bridgehead atoms. The molecule has 2 unspecified atom stereocenters. The Balaban J connectivity index is 1.49. The van der Waals surface area contributed by atoms with Crippen LogP contribution in [-0.4, -0.2) is 50.1 Å². The van der Waals surface area contributed by atoms with Crippen LogP contribution < -0.4 is 10.6 Å². The van der Waals surface area contributed by atoms with Gasteiger partial charge in [-0.25, -0.2) is 0 Å². The summed E-state index contributed by atoms with van der Waals surface area (Å²) in [4.78, 5) is 14.0. The molecule has 1 aliphatic carbocycles. The predicted molar refractivity (Wildman–Crippen MR) is 64.2 cm³/mol. The van der Waals surface area contributed by atoms with Gasteiger partial charge in [-0.05, 0) is 25.3 Å². The monoisotopic (exact) mass is 225 g/mol. The minimum absolute atomic E-state index is 0.271. The third-order valence-corrected chi connectivity index (χ3v) is 3.61. The van der Waals surface area contributed by atoms with Gasteiger partial charge in [-0.2, -0.15) is 0 Å². The molecule has 0 aromatic carbocycles. The molecule has 1 saturated heterocycles. The van der Waals surface area contributed by atoms with Gasteiger partial charge in [0.1, 0.15) is 0 Å². The fourth-order valence-electron chi connectivity index (χ4n) is 2.27. The zero-order chi connectivity index (χ0) is 11.4. The quantitative estimate of drug-likeness (QED) is 0.650. The van der Waals surface area contributed by atoms with E-state index in [1.165, 1.54) is 0 Å².